The Morgan fingerprint density at radius 2 is 1.91 bits per heavy atom. The number of amides is 1. The lowest BCUT2D eigenvalue weighted by Crippen LogP contribution is -2.48. The number of hydrogen-bond acceptors (Lipinski definition) is 5. The number of thiazole rings is 1. The first-order valence-electron chi connectivity index (χ1n) is 11.1. The number of carbonyl (C=O) groups is 1. The summed E-state index contributed by atoms with van der Waals surface area (Å²) in [5.74, 6) is 0.936. The van der Waals surface area contributed by atoms with Crippen molar-refractivity contribution < 1.29 is 4.79 Å². The minimum atomic E-state index is -0.340. The predicted octanol–water partition coefficient (Wildman–Crippen LogP) is 5.15. The molecule has 0 saturated carbocycles. The van der Waals surface area contributed by atoms with Crippen LogP contribution in [0.2, 0.25) is 0 Å². The van der Waals surface area contributed by atoms with Gasteiger partial charge in [0.1, 0.15) is 11.9 Å². The standard InChI is InChI=1S/C27H26N4OS/c1-19-14-23(10-12-28-19)22-9-8-21-11-13-31(24(21)16-22)27(32)25(15-20-6-4-3-5-7-20)30(2)26-17-33-18-29-26/h3-10,12,14,16-18,25H,11,13,15H2,1-2H3/t25-/m0/s1. The fourth-order valence-electron chi connectivity index (χ4n) is 4.46. The number of fused-ring (bicyclic) bond motifs is 1. The second-order valence-corrected chi connectivity index (χ2v) is 9.15. The monoisotopic (exact) mass is 454 g/mol. The predicted molar refractivity (Wildman–Crippen MR) is 135 cm³/mol. The smallest absolute Gasteiger partial charge is 0.250 e. The lowest BCUT2D eigenvalue weighted by Gasteiger charge is -2.31. The number of benzene rings is 2. The van der Waals surface area contributed by atoms with E-state index in [4.69, 9.17) is 0 Å². The number of aromatic nitrogens is 2. The summed E-state index contributed by atoms with van der Waals surface area (Å²) in [5, 5.41) is 1.99. The van der Waals surface area contributed by atoms with Gasteiger partial charge in [-0.1, -0.05) is 42.5 Å². The van der Waals surface area contributed by atoms with E-state index in [1.165, 1.54) is 5.56 Å². The third-order valence-electron chi connectivity index (χ3n) is 6.28. The minimum Gasteiger partial charge on any atom is -0.347 e. The first-order chi connectivity index (χ1) is 16.1. The summed E-state index contributed by atoms with van der Waals surface area (Å²) in [6, 6.07) is 20.4. The Labute approximate surface area is 198 Å². The minimum absolute atomic E-state index is 0.108. The summed E-state index contributed by atoms with van der Waals surface area (Å²) in [6.45, 7) is 2.69. The van der Waals surface area contributed by atoms with Gasteiger partial charge in [-0.3, -0.25) is 9.78 Å². The Kier molecular flexibility index (Phi) is 5.92. The van der Waals surface area contributed by atoms with Gasteiger partial charge in [-0.15, -0.1) is 11.3 Å². The highest BCUT2D eigenvalue weighted by Gasteiger charge is 2.33. The summed E-state index contributed by atoms with van der Waals surface area (Å²) in [4.78, 5) is 26.8. The zero-order valence-electron chi connectivity index (χ0n) is 18.8. The summed E-state index contributed by atoms with van der Waals surface area (Å²) >= 11 is 1.54. The van der Waals surface area contributed by atoms with Crippen LogP contribution in [0.3, 0.4) is 0 Å². The highest BCUT2D eigenvalue weighted by atomic mass is 32.1. The molecule has 166 valence electrons. The molecule has 5 rings (SSSR count). The molecular formula is C27H26N4OS. The van der Waals surface area contributed by atoms with Gasteiger partial charge in [-0.2, -0.15) is 0 Å². The van der Waals surface area contributed by atoms with E-state index in [0.717, 1.165) is 40.3 Å². The molecule has 2 aromatic carbocycles. The zero-order valence-corrected chi connectivity index (χ0v) is 19.6. The van der Waals surface area contributed by atoms with Gasteiger partial charge < -0.3 is 9.80 Å². The van der Waals surface area contributed by atoms with Gasteiger partial charge in [0.05, 0.1) is 5.51 Å². The first kappa shape index (κ1) is 21.3. The molecule has 0 N–H and O–H groups in total. The Morgan fingerprint density at radius 1 is 1.09 bits per heavy atom. The van der Waals surface area contributed by atoms with Gasteiger partial charge in [-0.05, 0) is 53.8 Å². The highest BCUT2D eigenvalue weighted by Crippen LogP contribution is 2.34. The van der Waals surface area contributed by atoms with Gasteiger partial charge in [0.2, 0.25) is 5.91 Å². The number of pyridine rings is 1. The van der Waals surface area contributed by atoms with E-state index in [0.29, 0.717) is 13.0 Å². The van der Waals surface area contributed by atoms with E-state index in [-0.39, 0.29) is 11.9 Å². The summed E-state index contributed by atoms with van der Waals surface area (Å²) in [5.41, 5.74) is 8.37. The van der Waals surface area contributed by atoms with Crippen LogP contribution in [0.1, 0.15) is 16.8 Å². The highest BCUT2D eigenvalue weighted by molar-refractivity contribution is 7.07. The van der Waals surface area contributed by atoms with Crippen LogP contribution in [0.4, 0.5) is 11.5 Å². The lowest BCUT2D eigenvalue weighted by atomic mass is 10.0. The third-order valence-corrected chi connectivity index (χ3v) is 6.86. The molecule has 0 aliphatic carbocycles. The van der Waals surface area contributed by atoms with E-state index in [1.54, 1.807) is 11.3 Å². The number of nitrogens with zero attached hydrogens (tertiary/aromatic N) is 4. The molecule has 0 spiro atoms. The second kappa shape index (κ2) is 9.16. The molecule has 1 aliphatic rings. The van der Waals surface area contributed by atoms with E-state index in [2.05, 4.69) is 46.4 Å². The van der Waals surface area contributed by atoms with Gasteiger partial charge in [0, 0.05) is 43.0 Å². The maximum absolute atomic E-state index is 14.0. The molecule has 1 amide bonds. The molecule has 4 aromatic rings. The van der Waals surface area contributed by atoms with Crippen molar-refractivity contribution >= 4 is 28.7 Å². The van der Waals surface area contributed by atoms with Gasteiger partial charge in [0.15, 0.2) is 0 Å². The molecule has 6 heteroatoms. The van der Waals surface area contributed by atoms with Crippen LogP contribution in [-0.4, -0.2) is 35.5 Å². The number of aryl methyl sites for hydroxylation is 1. The van der Waals surface area contributed by atoms with Crippen molar-refractivity contribution in [2.75, 3.05) is 23.4 Å². The Balaban J connectivity index is 1.48. The number of likely N-dealkylation sites (N-methyl/N-ethyl adjacent to an activating group) is 1. The van der Waals surface area contributed by atoms with Crippen molar-refractivity contribution in [3.05, 3.63) is 94.6 Å². The summed E-state index contributed by atoms with van der Waals surface area (Å²) in [6.07, 6.45) is 3.33. The average molecular weight is 455 g/mol. The van der Waals surface area contributed by atoms with Crippen molar-refractivity contribution in [2.24, 2.45) is 0 Å². The topological polar surface area (TPSA) is 49.3 Å². The third kappa shape index (κ3) is 4.39. The molecule has 33 heavy (non-hydrogen) atoms. The second-order valence-electron chi connectivity index (χ2n) is 8.43. The number of anilines is 2. The lowest BCUT2D eigenvalue weighted by molar-refractivity contribution is -0.119. The molecular weight excluding hydrogens is 428 g/mol. The normalized spacial score (nSPS) is 13.6. The fourth-order valence-corrected chi connectivity index (χ4v) is 5.04. The van der Waals surface area contributed by atoms with Crippen LogP contribution in [0.15, 0.2) is 77.8 Å². The zero-order chi connectivity index (χ0) is 22.8. The van der Waals surface area contributed by atoms with Crippen LogP contribution in [0, 0.1) is 6.92 Å². The molecule has 0 bridgehead atoms. The number of hydrogen-bond donors (Lipinski definition) is 0. The van der Waals surface area contributed by atoms with Gasteiger partial charge in [-0.25, -0.2) is 4.98 Å². The van der Waals surface area contributed by atoms with E-state index >= 15 is 0 Å². The first-order valence-corrected chi connectivity index (χ1v) is 12.1. The fraction of sp³-hybridized carbons (Fsp3) is 0.222. The maximum Gasteiger partial charge on any atom is 0.250 e. The molecule has 0 radical (unpaired) electrons. The molecule has 5 nitrogen and oxygen atoms in total. The van der Waals surface area contributed by atoms with Crippen LogP contribution in [0.25, 0.3) is 11.1 Å². The SMILES string of the molecule is Cc1cc(-c2ccc3c(c2)N(C(=O)[C@H](Cc2ccccc2)N(C)c2cscn2)CC3)ccn1. The summed E-state index contributed by atoms with van der Waals surface area (Å²) in [7, 11) is 1.97. The number of carbonyl (C=O) groups excluding carboxylic acids is 1. The summed E-state index contributed by atoms with van der Waals surface area (Å²) < 4.78 is 0. The van der Waals surface area contributed by atoms with E-state index in [9.17, 15) is 4.79 Å². The van der Waals surface area contributed by atoms with Crippen molar-refractivity contribution in [2.45, 2.75) is 25.8 Å². The van der Waals surface area contributed by atoms with E-state index in [1.807, 2.05) is 65.1 Å². The molecule has 0 saturated heterocycles. The van der Waals surface area contributed by atoms with E-state index < -0.39 is 0 Å². The molecule has 1 atom stereocenters. The molecule has 0 unspecified atom stereocenters. The van der Waals surface area contributed by atoms with Crippen molar-refractivity contribution in [3.8, 4) is 11.1 Å². The molecule has 3 heterocycles. The maximum atomic E-state index is 14.0. The molecule has 2 aromatic heterocycles. The van der Waals surface area contributed by atoms with Gasteiger partial charge >= 0.3 is 0 Å². The van der Waals surface area contributed by atoms with Crippen LogP contribution in [-0.2, 0) is 17.6 Å². The Morgan fingerprint density at radius 3 is 2.67 bits per heavy atom. The van der Waals surface area contributed by atoms with Crippen LogP contribution in [0.5, 0.6) is 0 Å². The van der Waals surface area contributed by atoms with Crippen molar-refractivity contribution in [3.63, 3.8) is 0 Å². The van der Waals surface area contributed by atoms with Crippen LogP contribution < -0.4 is 9.80 Å². The van der Waals surface area contributed by atoms with Crippen LogP contribution >= 0.6 is 11.3 Å². The molecule has 0 fully saturated rings. The number of rotatable bonds is 6. The quantitative estimate of drug-likeness (QED) is 0.404. The van der Waals surface area contributed by atoms with Crippen molar-refractivity contribution in [1.82, 2.24) is 9.97 Å². The van der Waals surface area contributed by atoms with Crippen molar-refractivity contribution in [1.29, 1.82) is 0 Å². The average Bonchev–Trinajstić information content (AvgIpc) is 3.52. The molecule has 1 aliphatic heterocycles. The largest absolute Gasteiger partial charge is 0.347 e. The van der Waals surface area contributed by atoms with Gasteiger partial charge in [0.25, 0.3) is 0 Å². The Bertz CT molecular complexity index is 1260. The Hall–Kier alpha value is -3.51.